The van der Waals surface area contributed by atoms with Crippen LogP contribution in [0.2, 0.25) is 0 Å². The third kappa shape index (κ3) is 17.9. The molecule has 0 saturated carbocycles. The smallest absolute Gasteiger partial charge is 0.326 e. The lowest BCUT2D eigenvalue weighted by atomic mass is 10.1. The number of nitrogens with one attached hydrogen (secondary N) is 1. The lowest BCUT2D eigenvalue weighted by Gasteiger charge is -2.13. The van der Waals surface area contributed by atoms with Crippen molar-refractivity contribution >= 4 is 23.6 Å². The standard InChI is InChI=1S/C23H39NO3S/c1-3-4-5-6-7-8-9-10-11-12-13-14-15-16-17-18-22(25)24-21(23(26)27)19-20-28-2/h4-5,7-8,10-11,21H,3,6,9,12-20H2,1-2H3,(H,24,25)(H,26,27)/b5-4-,8-7-,11-10-/t21-/m0/s1. The van der Waals surface area contributed by atoms with Gasteiger partial charge in [-0.2, -0.15) is 11.8 Å². The molecule has 28 heavy (non-hydrogen) atoms. The van der Waals surface area contributed by atoms with E-state index in [2.05, 4.69) is 48.7 Å². The number of carboxylic acid groups (broad SMARTS) is 1. The highest BCUT2D eigenvalue weighted by Crippen LogP contribution is 2.08. The Labute approximate surface area is 175 Å². The first-order valence-corrected chi connectivity index (χ1v) is 12.0. The van der Waals surface area contributed by atoms with Crippen molar-refractivity contribution in [3.63, 3.8) is 0 Å². The molecule has 0 fully saturated rings. The van der Waals surface area contributed by atoms with Crippen molar-refractivity contribution in [2.24, 2.45) is 0 Å². The summed E-state index contributed by atoms with van der Waals surface area (Å²) in [5.74, 6) is -0.355. The lowest BCUT2D eigenvalue weighted by molar-refractivity contribution is -0.141. The molecule has 0 heterocycles. The fraction of sp³-hybridized carbons (Fsp3) is 0.652. The number of carboxylic acids is 1. The molecule has 0 unspecified atom stereocenters. The average molecular weight is 410 g/mol. The van der Waals surface area contributed by atoms with Gasteiger partial charge in [0.05, 0.1) is 0 Å². The number of unbranched alkanes of at least 4 members (excludes halogenated alkanes) is 5. The van der Waals surface area contributed by atoms with Crippen molar-refractivity contribution in [1.82, 2.24) is 5.32 Å². The number of allylic oxidation sites excluding steroid dienone is 6. The molecule has 2 N–H and O–H groups in total. The Kier molecular flexibility index (Phi) is 19.2. The van der Waals surface area contributed by atoms with Crippen LogP contribution in [0.15, 0.2) is 36.5 Å². The van der Waals surface area contributed by atoms with Crippen LogP contribution in [0.5, 0.6) is 0 Å². The molecule has 0 spiro atoms. The van der Waals surface area contributed by atoms with Crippen molar-refractivity contribution in [2.75, 3.05) is 12.0 Å². The summed E-state index contributed by atoms with van der Waals surface area (Å²) in [5.41, 5.74) is 0. The number of aliphatic carboxylic acids is 1. The van der Waals surface area contributed by atoms with E-state index in [0.717, 1.165) is 50.7 Å². The average Bonchev–Trinajstić information content (AvgIpc) is 2.67. The number of rotatable bonds is 18. The number of hydrogen-bond donors (Lipinski definition) is 2. The van der Waals surface area contributed by atoms with Crippen molar-refractivity contribution < 1.29 is 14.7 Å². The Bertz CT molecular complexity index is 486. The van der Waals surface area contributed by atoms with Crippen LogP contribution in [0.3, 0.4) is 0 Å². The third-order valence-electron chi connectivity index (χ3n) is 4.30. The van der Waals surface area contributed by atoms with Crippen LogP contribution in [-0.2, 0) is 9.59 Å². The fourth-order valence-electron chi connectivity index (χ4n) is 2.66. The van der Waals surface area contributed by atoms with Gasteiger partial charge in [0, 0.05) is 6.42 Å². The van der Waals surface area contributed by atoms with E-state index >= 15 is 0 Å². The summed E-state index contributed by atoms with van der Waals surface area (Å²) in [4.78, 5) is 23.0. The normalized spacial score (nSPS) is 12.9. The lowest BCUT2D eigenvalue weighted by Crippen LogP contribution is -2.41. The second kappa shape index (κ2) is 20.2. The second-order valence-corrected chi connectivity index (χ2v) is 7.83. The van der Waals surface area contributed by atoms with E-state index in [4.69, 9.17) is 5.11 Å². The summed E-state index contributed by atoms with van der Waals surface area (Å²) in [6.07, 6.45) is 25.7. The van der Waals surface area contributed by atoms with Crippen molar-refractivity contribution in [1.29, 1.82) is 0 Å². The summed E-state index contributed by atoms with van der Waals surface area (Å²) in [5, 5.41) is 11.7. The van der Waals surface area contributed by atoms with Gasteiger partial charge in [-0.05, 0) is 57.0 Å². The minimum absolute atomic E-state index is 0.144. The van der Waals surface area contributed by atoms with Crippen LogP contribution in [0, 0.1) is 0 Å². The van der Waals surface area contributed by atoms with Gasteiger partial charge in [0.1, 0.15) is 6.04 Å². The summed E-state index contributed by atoms with van der Waals surface area (Å²) in [7, 11) is 0. The van der Waals surface area contributed by atoms with E-state index in [0.29, 0.717) is 12.8 Å². The zero-order valence-electron chi connectivity index (χ0n) is 17.7. The maximum Gasteiger partial charge on any atom is 0.326 e. The molecule has 0 aromatic rings. The quantitative estimate of drug-likeness (QED) is 0.218. The first-order valence-electron chi connectivity index (χ1n) is 10.6. The Morgan fingerprint density at radius 1 is 0.929 bits per heavy atom. The first kappa shape index (κ1) is 26.5. The highest BCUT2D eigenvalue weighted by atomic mass is 32.2. The van der Waals surface area contributed by atoms with Crippen LogP contribution in [0.25, 0.3) is 0 Å². The monoisotopic (exact) mass is 409 g/mol. The maximum absolute atomic E-state index is 11.9. The molecule has 0 aliphatic heterocycles. The summed E-state index contributed by atoms with van der Waals surface area (Å²) in [6, 6.07) is -0.755. The van der Waals surface area contributed by atoms with Gasteiger partial charge < -0.3 is 10.4 Å². The van der Waals surface area contributed by atoms with Gasteiger partial charge in [-0.15, -0.1) is 0 Å². The van der Waals surface area contributed by atoms with Gasteiger partial charge in [0.25, 0.3) is 0 Å². The van der Waals surface area contributed by atoms with Crippen LogP contribution in [-0.4, -0.2) is 35.0 Å². The molecule has 0 aliphatic carbocycles. The van der Waals surface area contributed by atoms with Gasteiger partial charge in [0.2, 0.25) is 5.91 Å². The summed E-state index contributed by atoms with van der Waals surface area (Å²) < 4.78 is 0. The number of thioether (sulfide) groups is 1. The van der Waals surface area contributed by atoms with Crippen LogP contribution in [0.1, 0.15) is 77.6 Å². The zero-order valence-corrected chi connectivity index (χ0v) is 18.5. The Balaban J connectivity index is 3.58. The van der Waals surface area contributed by atoms with Gasteiger partial charge in [-0.3, -0.25) is 4.79 Å². The van der Waals surface area contributed by atoms with Gasteiger partial charge >= 0.3 is 5.97 Å². The molecular weight excluding hydrogens is 370 g/mol. The highest BCUT2D eigenvalue weighted by Gasteiger charge is 2.18. The molecule has 0 aromatic heterocycles. The van der Waals surface area contributed by atoms with Crippen LogP contribution in [0.4, 0.5) is 0 Å². The van der Waals surface area contributed by atoms with Crippen molar-refractivity contribution in [3.05, 3.63) is 36.5 Å². The van der Waals surface area contributed by atoms with Gasteiger partial charge in [-0.1, -0.05) is 62.6 Å². The largest absolute Gasteiger partial charge is 0.480 e. The minimum atomic E-state index is -0.945. The molecule has 1 atom stereocenters. The fourth-order valence-corrected chi connectivity index (χ4v) is 3.14. The summed E-state index contributed by atoms with van der Waals surface area (Å²) in [6.45, 7) is 2.14. The Morgan fingerprint density at radius 3 is 2.18 bits per heavy atom. The second-order valence-electron chi connectivity index (χ2n) is 6.84. The van der Waals surface area contributed by atoms with E-state index < -0.39 is 12.0 Å². The predicted molar refractivity (Wildman–Crippen MR) is 122 cm³/mol. The van der Waals surface area contributed by atoms with Crippen LogP contribution >= 0.6 is 11.8 Å². The van der Waals surface area contributed by atoms with Crippen LogP contribution < -0.4 is 5.32 Å². The Hall–Kier alpha value is -1.49. The van der Waals surface area contributed by atoms with E-state index in [1.54, 1.807) is 11.8 Å². The van der Waals surface area contributed by atoms with Crippen molar-refractivity contribution in [3.8, 4) is 0 Å². The molecule has 1 amide bonds. The molecule has 4 nitrogen and oxygen atoms in total. The van der Waals surface area contributed by atoms with Gasteiger partial charge in [0.15, 0.2) is 0 Å². The van der Waals surface area contributed by atoms with E-state index in [-0.39, 0.29) is 5.91 Å². The van der Waals surface area contributed by atoms with E-state index in [9.17, 15) is 9.59 Å². The number of carbonyl (C=O) groups excluding carboxylic acids is 1. The molecule has 5 heteroatoms. The number of hydrogen-bond acceptors (Lipinski definition) is 3. The molecule has 160 valence electrons. The molecule has 0 aromatic carbocycles. The van der Waals surface area contributed by atoms with E-state index in [1.165, 1.54) is 12.8 Å². The van der Waals surface area contributed by atoms with Crippen molar-refractivity contribution in [2.45, 2.75) is 83.6 Å². The molecule has 0 rings (SSSR count). The zero-order chi connectivity index (χ0) is 20.9. The highest BCUT2D eigenvalue weighted by molar-refractivity contribution is 7.98. The minimum Gasteiger partial charge on any atom is -0.480 e. The van der Waals surface area contributed by atoms with E-state index in [1.807, 2.05) is 6.26 Å². The predicted octanol–water partition coefficient (Wildman–Crippen LogP) is 5.90. The molecular formula is C23H39NO3S. The summed E-state index contributed by atoms with van der Waals surface area (Å²) >= 11 is 1.59. The number of amides is 1. The molecule has 0 saturated heterocycles. The van der Waals surface area contributed by atoms with Gasteiger partial charge in [-0.25, -0.2) is 4.79 Å². The SMILES string of the molecule is CC/C=C\C/C=C\C/C=C\CCCCCCCC(=O)N[C@@H](CCSC)C(=O)O. The maximum atomic E-state index is 11.9. The molecule has 0 aliphatic rings. The number of carbonyl (C=O) groups is 2. The Morgan fingerprint density at radius 2 is 1.54 bits per heavy atom. The molecule has 0 radical (unpaired) electrons. The third-order valence-corrected chi connectivity index (χ3v) is 4.94. The topological polar surface area (TPSA) is 66.4 Å². The first-order chi connectivity index (χ1) is 13.6. The molecule has 0 bridgehead atoms.